The molecule has 0 N–H and O–H groups in total. The zero-order valence-electron chi connectivity index (χ0n) is 14.0. The van der Waals surface area contributed by atoms with E-state index in [0.717, 1.165) is 18.1 Å². The van der Waals surface area contributed by atoms with Crippen LogP contribution in [-0.4, -0.2) is 15.8 Å². The topological polar surface area (TPSA) is 30.2 Å². The number of aromatic nitrogens is 2. The van der Waals surface area contributed by atoms with E-state index < -0.39 is 16.8 Å². The normalized spacial score (nSPS) is 13.4. The van der Waals surface area contributed by atoms with Crippen LogP contribution in [0.25, 0.3) is 11.0 Å². The highest BCUT2D eigenvalue weighted by atomic mass is 35.5. The molecule has 0 amide bonds. The van der Waals surface area contributed by atoms with Crippen molar-refractivity contribution in [3.05, 3.63) is 34.1 Å². The van der Waals surface area contributed by atoms with Crippen LogP contribution in [0.5, 0.6) is 0 Å². The molecule has 0 saturated heterocycles. The van der Waals surface area contributed by atoms with Gasteiger partial charge < -0.3 is 4.57 Å². The molecule has 2 rings (SSSR count). The van der Waals surface area contributed by atoms with Crippen molar-refractivity contribution in [3.63, 3.8) is 0 Å². The van der Waals surface area contributed by atoms with E-state index in [1.165, 1.54) is 6.21 Å². The summed E-state index contributed by atoms with van der Waals surface area (Å²) in [4.78, 5) is 8.50. The van der Waals surface area contributed by atoms with Crippen molar-refractivity contribution in [1.29, 1.82) is 0 Å². The summed E-state index contributed by atoms with van der Waals surface area (Å²) in [5.41, 5.74) is 0.816. The molecule has 0 fully saturated rings. The number of aryl methyl sites for hydroxylation is 2. The minimum Gasteiger partial charge on any atom is -0.327 e. The Morgan fingerprint density at radius 3 is 2.58 bits per heavy atom. The first kappa shape index (κ1) is 18.5. The maximum Gasteiger partial charge on any atom is 0.418 e. The van der Waals surface area contributed by atoms with E-state index in [1.807, 2.05) is 31.4 Å². The highest BCUT2D eigenvalue weighted by Gasteiger charge is 2.36. The van der Waals surface area contributed by atoms with E-state index >= 15 is 0 Å². The fraction of sp³-hybridized carbons (Fsp3) is 0.412. The minimum atomic E-state index is -4.56. The lowest BCUT2D eigenvalue weighted by Crippen LogP contribution is -2.06. The number of halogens is 4. The van der Waals surface area contributed by atoms with Crippen LogP contribution in [0.15, 0.2) is 22.7 Å². The molecule has 1 aromatic carbocycles. The third-order valence-corrected chi connectivity index (χ3v) is 4.06. The second-order valence-electron chi connectivity index (χ2n) is 5.47. The van der Waals surface area contributed by atoms with Crippen molar-refractivity contribution in [1.82, 2.24) is 9.55 Å². The lowest BCUT2D eigenvalue weighted by atomic mass is 10.1. The molecule has 0 unspecified atom stereocenters. The molecule has 24 heavy (non-hydrogen) atoms. The quantitative estimate of drug-likeness (QED) is 0.608. The zero-order valence-corrected chi connectivity index (χ0v) is 14.8. The van der Waals surface area contributed by atoms with Gasteiger partial charge in [0.2, 0.25) is 0 Å². The molecule has 3 nitrogen and oxygen atoms in total. The largest absolute Gasteiger partial charge is 0.418 e. The van der Waals surface area contributed by atoms with Gasteiger partial charge >= 0.3 is 6.18 Å². The molecule has 1 aromatic heterocycles. The molecule has 0 radical (unpaired) electrons. The highest BCUT2D eigenvalue weighted by Crippen LogP contribution is 2.44. The molecule has 1 heterocycles. The number of hydrogen-bond acceptors (Lipinski definition) is 2. The van der Waals surface area contributed by atoms with Gasteiger partial charge in [0.05, 0.1) is 21.6 Å². The summed E-state index contributed by atoms with van der Waals surface area (Å²) in [6, 6.07) is 0.991. The molecular formula is C17H19ClF3N3. The van der Waals surface area contributed by atoms with Crippen LogP contribution in [-0.2, 0) is 12.7 Å². The fourth-order valence-electron chi connectivity index (χ4n) is 2.62. The van der Waals surface area contributed by atoms with Gasteiger partial charge in [0.15, 0.2) is 0 Å². The van der Waals surface area contributed by atoms with Crippen LogP contribution >= 0.6 is 11.6 Å². The predicted octanol–water partition coefficient (Wildman–Crippen LogP) is 6.10. The number of benzene rings is 1. The summed E-state index contributed by atoms with van der Waals surface area (Å²) in [5.74, 6) is 0.625. The van der Waals surface area contributed by atoms with Crippen molar-refractivity contribution in [3.8, 4) is 0 Å². The number of aliphatic imine (C=N–C) groups is 1. The van der Waals surface area contributed by atoms with E-state index in [2.05, 4.69) is 9.98 Å². The van der Waals surface area contributed by atoms with Crippen molar-refractivity contribution in [2.24, 2.45) is 4.99 Å². The molecule has 0 atom stereocenters. The minimum absolute atomic E-state index is 0.104. The SMILES string of the molecule is CCC=C(C)C=Nc1c(Cl)c(C(F)(F)F)cc2nc(C)n(CC)c12. The number of hydrogen-bond donors (Lipinski definition) is 0. The first-order valence-electron chi connectivity index (χ1n) is 7.68. The summed E-state index contributed by atoms with van der Waals surface area (Å²) in [5, 5.41) is -0.398. The number of rotatable bonds is 4. The Balaban J connectivity index is 2.82. The van der Waals surface area contributed by atoms with Gasteiger partial charge in [-0.2, -0.15) is 13.2 Å². The molecule has 0 aliphatic heterocycles. The second kappa shape index (κ2) is 6.97. The van der Waals surface area contributed by atoms with Gasteiger partial charge in [-0.25, -0.2) is 4.98 Å². The predicted molar refractivity (Wildman–Crippen MR) is 92.4 cm³/mol. The standard InChI is InChI=1S/C17H19ClF3N3/c1-5-7-10(3)9-22-15-14(18)12(17(19,20)21)8-13-16(15)24(6-2)11(4)23-13/h7-9H,5-6H2,1-4H3. The van der Waals surface area contributed by atoms with E-state index in [0.29, 0.717) is 17.9 Å². The van der Waals surface area contributed by atoms with Crippen LogP contribution in [0.2, 0.25) is 5.02 Å². The molecular weight excluding hydrogens is 339 g/mol. The molecule has 0 saturated carbocycles. The van der Waals surface area contributed by atoms with Crippen LogP contribution in [0, 0.1) is 6.92 Å². The molecule has 130 valence electrons. The number of alkyl halides is 3. The first-order chi connectivity index (χ1) is 11.2. The smallest absolute Gasteiger partial charge is 0.327 e. The van der Waals surface area contributed by atoms with Gasteiger partial charge in [0.1, 0.15) is 11.5 Å². The number of imidazole rings is 1. The molecule has 0 aliphatic carbocycles. The van der Waals surface area contributed by atoms with E-state index in [-0.39, 0.29) is 11.2 Å². The third-order valence-electron chi connectivity index (χ3n) is 3.68. The lowest BCUT2D eigenvalue weighted by Gasteiger charge is -2.13. The van der Waals surface area contributed by atoms with Crippen molar-refractivity contribution in [2.75, 3.05) is 0 Å². The Labute approximate surface area is 143 Å². The third kappa shape index (κ3) is 3.48. The van der Waals surface area contributed by atoms with E-state index in [4.69, 9.17) is 11.6 Å². The molecule has 2 aromatic rings. The van der Waals surface area contributed by atoms with Gasteiger partial charge in [0, 0.05) is 12.8 Å². The molecule has 0 aliphatic rings. The van der Waals surface area contributed by atoms with Gasteiger partial charge in [-0.15, -0.1) is 0 Å². The first-order valence-corrected chi connectivity index (χ1v) is 8.05. The summed E-state index contributed by atoms with van der Waals surface area (Å²) < 4.78 is 41.7. The number of fused-ring (bicyclic) bond motifs is 1. The summed E-state index contributed by atoms with van der Waals surface area (Å²) in [7, 11) is 0. The van der Waals surface area contributed by atoms with Gasteiger partial charge in [-0.1, -0.05) is 24.6 Å². The average Bonchev–Trinajstić information content (AvgIpc) is 2.80. The Kier molecular flexibility index (Phi) is 5.38. The summed E-state index contributed by atoms with van der Waals surface area (Å²) >= 11 is 6.08. The van der Waals surface area contributed by atoms with Gasteiger partial charge in [0.25, 0.3) is 0 Å². The maximum absolute atomic E-state index is 13.3. The van der Waals surface area contributed by atoms with Gasteiger partial charge in [-0.05, 0) is 38.8 Å². The van der Waals surface area contributed by atoms with Crippen molar-refractivity contribution in [2.45, 2.75) is 46.8 Å². The average molecular weight is 358 g/mol. The lowest BCUT2D eigenvalue weighted by molar-refractivity contribution is -0.137. The van der Waals surface area contributed by atoms with E-state index in [9.17, 15) is 13.2 Å². The zero-order chi connectivity index (χ0) is 18.1. The van der Waals surface area contributed by atoms with Crippen LogP contribution in [0.1, 0.15) is 38.6 Å². The Morgan fingerprint density at radius 2 is 2.04 bits per heavy atom. The van der Waals surface area contributed by atoms with Crippen LogP contribution < -0.4 is 0 Å². The Bertz CT molecular complexity index is 817. The Morgan fingerprint density at radius 1 is 1.38 bits per heavy atom. The molecule has 0 bridgehead atoms. The highest BCUT2D eigenvalue weighted by molar-refractivity contribution is 6.35. The van der Waals surface area contributed by atoms with Crippen LogP contribution in [0.4, 0.5) is 18.9 Å². The number of nitrogens with zero attached hydrogens (tertiary/aromatic N) is 3. The fourth-order valence-corrected chi connectivity index (χ4v) is 2.92. The van der Waals surface area contributed by atoms with Crippen LogP contribution in [0.3, 0.4) is 0 Å². The van der Waals surface area contributed by atoms with Crippen molar-refractivity contribution < 1.29 is 13.2 Å². The summed E-state index contributed by atoms with van der Waals surface area (Å²) in [6.07, 6.45) is -0.277. The Hall–Kier alpha value is -1.82. The van der Waals surface area contributed by atoms with E-state index in [1.54, 1.807) is 6.92 Å². The summed E-state index contributed by atoms with van der Waals surface area (Å²) in [6.45, 7) is 8.03. The maximum atomic E-state index is 13.3. The number of allylic oxidation sites excluding steroid dienone is 2. The second-order valence-corrected chi connectivity index (χ2v) is 5.85. The monoisotopic (exact) mass is 357 g/mol. The molecule has 7 heteroatoms. The van der Waals surface area contributed by atoms with Crippen molar-refractivity contribution >= 4 is 34.5 Å². The van der Waals surface area contributed by atoms with Gasteiger partial charge in [-0.3, -0.25) is 4.99 Å². The molecule has 0 spiro atoms.